The van der Waals surface area contributed by atoms with Crippen LogP contribution >= 0.6 is 0 Å². The molecule has 2 heterocycles. The summed E-state index contributed by atoms with van der Waals surface area (Å²) < 4.78 is 13.0. The Kier molecular flexibility index (Phi) is 5.68. The zero-order chi connectivity index (χ0) is 17.0. The summed E-state index contributed by atoms with van der Waals surface area (Å²) in [6, 6.07) is -0.151. The summed E-state index contributed by atoms with van der Waals surface area (Å²) in [4.78, 5) is 16.9. The second kappa shape index (κ2) is 7.34. The zero-order valence-corrected chi connectivity index (χ0v) is 14.9. The van der Waals surface area contributed by atoms with Crippen LogP contribution in [0.5, 0.6) is 0 Å². The third-order valence-corrected chi connectivity index (χ3v) is 3.96. The number of imidazole rings is 1. The number of nitrogens with one attached hydrogen (secondary N) is 1. The fraction of sp³-hybridized carbons (Fsp3) is 0.765. The Labute approximate surface area is 138 Å². The molecule has 6 heteroatoms. The van der Waals surface area contributed by atoms with Crippen LogP contribution in [-0.4, -0.2) is 34.5 Å². The molecule has 2 rings (SSSR count). The van der Waals surface area contributed by atoms with E-state index in [4.69, 9.17) is 9.47 Å². The van der Waals surface area contributed by atoms with Crippen LogP contribution in [0.25, 0.3) is 0 Å². The molecule has 1 atom stereocenters. The van der Waals surface area contributed by atoms with Gasteiger partial charge in [-0.15, -0.1) is 0 Å². The van der Waals surface area contributed by atoms with E-state index < -0.39 is 11.7 Å². The monoisotopic (exact) mass is 323 g/mol. The molecular weight excluding hydrogens is 294 g/mol. The fourth-order valence-corrected chi connectivity index (χ4v) is 2.94. The van der Waals surface area contributed by atoms with Gasteiger partial charge in [0.1, 0.15) is 11.4 Å². The minimum atomic E-state index is -0.513. The number of rotatable bonds is 4. The van der Waals surface area contributed by atoms with E-state index in [1.165, 1.54) is 0 Å². The van der Waals surface area contributed by atoms with Crippen LogP contribution in [0, 0.1) is 12.8 Å². The number of carbonyl (C=O) groups excluding carboxylic acids is 1. The number of hydrogen-bond acceptors (Lipinski definition) is 4. The van der Waals surface area contributed by atoms with Gasteiger partial charge in [0, 0.05) is 26.0 Å². The van der Waals surface area contributed by atoms with Crippen molar-refractivity contribution in [3.05, 3.63) is 17.7 Å². The van der Waals surface area contributed by atoms with Gasteiger partial charge in [-0.05, 0) is 53.4 Å². The Balaban J connectivity index is 2.22. The predicted molar refractivity (Wildman–Crippen MR) is 88.3 cm³/mol. The summed E-state index contributed by atoms with van der Waals surface area (Å²) in [5.41, 5.74) is 0.449. The van der Waals surface area contributed by atoms with Gasteiger partial charge in [-0.3, -0.25) is 0 Å². The summed E-state index contributed by atoms with van der Waals surface area (Å²) in [5.74, 6) is 1.21. The SMILES string of the molecule is CCn1cc(C)nc1[C@H](NC(=O)OC(C)(C)C)C1CCOCC1. The highest BCUT2D eigenvalue weighted by molar-refractivity contribution is 5.68. The number of ether oxygens (including phenoxy) is 2. The van der Waals surface area contributed by atoms with E-state index in [1.54, 1.807) is 0 Å². The number of nitrogens with zero attached hydrogens (tertiary/aromatic N) is 2. The highest BCUT2D eigenvalue weighted by atomic mass is 16.6. The molecule has 130 valence electrons. The van der Waals surface area contributed by atoms with Gasteiger partial charge in [-0.1, -0.05) is 0 Å². The van der Waals surface area contributed by atoms with Crippen LogP contribution < -0.4 is 5.32 Å². The Hall–Kier alpha value is -1.56. The van der Waals surface area contributed by atoms with Crippen LogP contribution in [-0.2, 0) is 16.0 Å². The standard InChI is InChI=1S/C17H29N3O3/c1-6-20-11-12(2)18-15(20)14(13-7-9-22-10-8-13)19-16(21)23-17(3,4)5/h11,13-14H,6-10H2,1-5H3,(H,19,21)/t14-/m1/s1. The van der Waals surface area contributed by atoms with Gasteiger partial charge < -0.3 is 19.4 Å². The third-order valence-electron chi connectivity index (χ3n) is 3.96. The minimum Gasteiger partial charge on any atom is -0.444 e. The maximum Gasteiger partial charge on any atom is 0.408 e. The molecule has 1 amide bonds. The van der Waals surface area contributed by atoms with E-state index in [2.05, 4.69) is 21.8 Å². The Morgan fingerprint density at radius 1 is 1.48 bits per heavy atom. The number of aromatic nitrogens is 2. The lowest BCUT2D eigenvalue weighted by molar-refractivity contribution is 0.0335. The van der Waals surface area contributed by atoms with Gasteiger partial charge in [0.05, 0.1) is 11.7 Å². The highest BCUT2D eigenvalue weighted by Crippen LogP contribution is 2.30. The summed E-state index contributed by atoms with van der Waals surface area (Å²) in [6.07, 6.45) is 3.46. The van der Waals surface area contributed by atoms with Crippen LogP contribution in [0.4, 0.5) is 4.79 Å². The number of aryl methyl sites for hydroxylation is 2. The number of hydrogen-bond donors (Lipinski definition) is 1. The number of amides is 1. The van der Waals surface area contributed by atoms with Crippen molar-refractivity contribution in [3.63, 3.8) is 0 Å². The van der Waals surface area contributed by atoms with Gasteiger partial charge in [0.15, 0.2) is 0 Å². The molecular formula is C17H29N3O3. The molecule has 1 saturated heterocycles. The first kappa shape index (κ1) is 17.8. The second-order valence-electron chi connectivity index (χ2n) is 7.10. The maximum absolute atomic E-state index is 12.3. The molecule has 0 aliphatic carbocycles. The Morgan fingerprint density at radius 2 is 2.13 bits per heavy atom. The van der Waals surface area contributed by atoms with Crippen LogP contribution in [0.15, 0.2) is 6.20 Å². The molecule has 1 aromatic heterocycles. The minimum absolute atomic E-state index is 0.151. The summed E-state index contributed by atoms with van der Waals surface area (Å²) in [7, 11) is 0. The van der Waals surface area contributed by atoms with Crippen LogP contribution in [0.2, 0.25) is 0 Å². The maximum atomic E-state index is 12.3. The summed E-state index contributed by atoms with van der Waals surface area (Å²) in [5, 5.41) is 3.05. The van der Waals surface area contributed by atoms with Gasteiger partial charge in [0.2, 0.25) is 0 Å². The van der Waals surface area contributed by atoms with Crippen molar-refractivity contribution < 1.29 is 14.3 Å². The average Bonchev–Trinajstić information content (AvgIpc) is 2.84. The van der Waals surface area contributed by atoms with Gasteiger partial charge >= 0.3 is 6.09 Å². The molecule has 0 bridgehead atoms. The van der Waals surface area contributed by atoms with Gasteiger partial charge in [-0.25, -0.2) is 9.78 Å². The van der Waals surface area contributed by atoms with Crippen molar-refractivity contribution >= 4 is 6.09 Å². The van der Waals surface area contributed by atoms with Crippen molar-refractivity contribution in [2.45, 2.75) is 65.6 Å². The van der Waals surface area contributed by atoms with Crippen LogP contribution in [0.1, 0.15) is 58.1 Å². The smallest absolute Gasteiger partial charge is 0.408 e. The summed E-state index contributed by atoms with van der Waals surface area (Å²) >= 11 is 0. The molecule has 0 saturated carbocycles. The Morgan fingerprint density at radius 3 is 2.70 bits per heavy atom. The lowest BCUT2D eigenvalue weighted by Gasteiger charge is -2.31. The molecule has 0 radical (unpaired) electrons. The zero-order valence-electron chi connectivity index (χ0n) is 14.9. The van der Waals surface area contributed by atoms with E-state index in [0.29, 0.717) is 5.92 Å². The molecule has 1 fully saturated rings. The highest BCUT2D eigenvalue weighted by Gasteiger charge is 2.31. The molecule has 6 nitrogen and oxygen atoms in total. The lowest BCUT2D eigenvalue weighted by Crippen LogP contribution is -2.40. The molecule has 1 aliphatic heterocycles. The van der Waals surface area contributed by atoms with Crippen molar-refractivity contribution in [2.24, 2.45) is 5.92 Å². The van der Waals surface area contributed by atoms with E-state index in [9.17, 15) is 4.79 Å². The number of alkyl carbamates (subject to hydrolysis) is 1. The topological polar surface area (TPSA) is 65.4 Å². The van der Waals surface area contributed by atoms with Gasteiger partial charge in [0.25, 0.3) is 0 Å². The van der Waals surface area contributed by atoms with Crippen molar-refractivity contribution in [2.75, 3.05) is 13.2 Å². The van der Waals surface area contributed by atoms with E-state index >= 15 is 0 Å². The number of carbonyl (C=O) groups is 1. The molecule has 1 aromatic rings. The first-order valence-electron chi connectivity index (χ1n) is 8.41. The molecule has 0 aromatic carbocycles. The first-order chi connectivity index (χ1) is 10.8. The summed E-state index contributed by atoms with van der Waals surface area (Å²) in [6.45, 7) is 11.9. The van der Waals surface area contributed by atoms with Crippen molar-refractivity contribution in [3.8, 4) is 0 Å². The first-order valence-corrected chi connectivity index (χ1v) is 8.41. The average molecular weight is 323 g/mol. The molecule has 23 heavy (non-hydrogen) atoms. The molecule has 0 spiro atoms. The van der Waals surface area contributed by atoms with Crippen LogP contribution in [0.3, 0.4) is 0 Å². The normalized spacial score (nSPS) is 17.8. The van der Waals surface area contributed by atoms with Gasteiger partial charge in [-0.2, -0.15) is 0 Å². The van der Waals surface area contributed by atoms with E-state index in [1.807, 2.05) is 33.9 Å². The van der Waals surface area contributed by atoms with Crippen molar-refractivity contribution in [1.29, 1.82) is 0 Å². The molecule has 1 aliphatic rings. The second-order valence-corrected chi connectivity index (χ2v) is 7.10. The fourth-order valence-electron chi connectivity index (χ4n) is 2.94. The largest absolute Gasteiger partial charge is 0.444 e. The third kappa shape index (κ3) is 4.96. The lowest BCUT2D eigenvalue weighted by atomic mass is 9.91. The predicted octanol–water partition coefficient (Wildman–Crippen LogP) is 3.20. The Bertz CT molecular complexity index is 528. The molecule has 0 unspecified atom stereocenters. The van der Waals surface area contributed by atoms with Crippen molar-refractivity contribution in [1.82, 2.24) is 14.9 Å². The molecule has 1 N–H and O–H groups in total. The quantitative estimate of drug-likeness (QED) is 0.924. The van der Waals surface area contributed by atoms with E-state index in [0.717, 1.165) is 44.1 Å². The van der Waals surface area contributed by atoms with E-state index in [-0.39, 0.29) is 6.04 Å².